The fourth-order valence-corrected chi connectivity index (χ4v) is 1.64. The molecule has 0 aromatic heterocycles. The molecule has 9 heavy (non-hydrogen) atoms. The zero-order valence-corrected chi connectivity index (χ0v) is 6.57. The molecule has 0 unspecified atom stereocenters. The Balaban J connectivity index is 2.78. The van der Waals surface area contributed by atoms with Gasteiger partial charge in [0.25, 0.3) is 0 Å². The summed E-state index contributed by atoms with van der Waals surface area (Å²) >= 11 is 3.28. The molecule has 50 valence electrons. The van der Waals surface area contributed by atoms with Crippen molar-refractivity contribution < 1.29 is 4.79 Å². The van der Waals surface area contributed by atoms with Crippen LogP contribution >= 0.6 is 15.9 Å². The van der Waals surface area contributed by atoms with E-state index in [2.05, 4.69) is 15.9 Å². The van der Waals surface area contributed by atoms with Crippen molar-refractivity contribution in [3.05, 3.63) is 10.1 Å². The molecule has 1 aliphatic carbocycles. The standard InChI is InChI=1S/C6H8BrNO/c7-5-3-1-2-4(5)6(8)9/h1-3H2,(H2,8,9). The molecule has 0 heterocycles. The number of primary amides is 1. The summed E-state index contributed by atoms with van der Waals surface area (Å²) in [4.78, 5) is 10.5. The molecule has 1 amide bonds. The van der Waals surface area contributed by atoms with Gasteiger partial charge < -0.3 is 5.73 Å². The first kappa shape index (κ1) is 6.81. The van der Waals surface area contributed by atoms with E-state index in [0.29, 0.717) is 0 Å². The van der Waals surface area contributed by atoms with Gasteiger partial charge in [0, 0.05) is 10.1 Å². The lowest BCUT2D eigenvalue weighted by molar-refractivity contribution is -0.114. The third kappa shape index (κ3) is 1.33. The van der Waals surface area contributed by atoms with Crippen LogP contribution < -0.4 is 5.73 Å². The predicted molar refractivity (Wildman–Crippen MR) is 39.0 cm³/mol. The molecular formula is C6H8BrNO. The van der Waals surface area contributed by atoms with Crippen molar-refractivity contribution in [1.29, 1.82) is 0 Å². The first-order chi connectivity index (χ1) is 4.22. The van der Waals surface area contributed by atoms with E-state index >= 15 is 0 Å². The number of nitrogens with two attached hydrogens (primary N) is 1. The molecule has 0 aromatic carbocycles. The highest BCUT2D eigenvalue weighted by atomic mass is 79.9. The van der Waals surface area contributed by atoms with Gasteiger partial charge in [0.05, 0.1) is 0 Å². The third-order valence-electron chi connectivity index (χ3n) is 1.45. The maximum atomic E-state index is 10.5. The second kappa shape index (κ2) is 2.52. The van der Waals surface area contributed by atoms with Gasteiger partial charge in [0.15, 0.2) is 0 Å². The van der Waals surface area contributed by atoms with Gasteiger partial charge in [-0.05, 0) is 19.3 Å². The molecule has 0 fully saturated rings. The van der Waals surface area contributed by atoms with E-state index in [9.17, 15) is 4.79 Å². The fourth-order valence-electron chi connectivity index (χ4n) is 0.964. The Labute approximate surface area is 62.2 Å². The highest BCUT2D eigenvalue weighted by molar-refractivity contribution is 9.11. The van der Waals surface area contributed by atoms with Crippen molar-refractivity contribution in [1.82, 2.24) is 0 Å². The van der Waals surface area contributed by atoms with E-state index in [0.717, 1.165) is 29.3 Å². The quantitative estimate of drug-likeness (QED) is 0.665. The second-order valence-corrected chi connectivity index (χ2v) is 3.06. The van der Waals surface area contributed by atoms with Gasteiger partial charge in [0.1, 0.15) is 0 Å². The van der Waals surface area contributed by atoms with Crippen LogP contribution in [0.4, 0.5) is 0 Å². The number of hydrogen-bond acceptors (Lipinski definition) is 1. The van der Waals surface area contributed by atoms with Gasteiger partial charge in [-0.25, -0.2) is 0 Å². The highest BCUT2D eigenvalue weighted by Gasteiger charge is 2.15. The summed E-state index contributed by atoms with van der Waals surface area (Å²) in [6.07, 6.45) is 2.87. The minimum atomic E-state index is -0.278. The van der Waals surface area contributed by atoms with Gasteiger partial charge in [-0.15, -0.1) is 0 Å². The Morgan fingerprint density at radius 1 is 1.56 bits per heavy atom. The van der Waals surface area contributed by atoms with Gasteiger partial charge >= 0.3 is 0 Å². The number of halogens is 1. The smallest absolute Gasteiger partial charge is 0.245 e. The van der Waals surface area contributed by atoms with Crippen molar-refractivity contribution >= 4 is 21.8 Å². The van der Waals surface area contributed by atoms with Crippen LogP contribution in [0, 0.1) is 0 Å². The van der Waals surface area contributed by atoms with Crippen LogP contribution in [0.25, 0.3) is 0 Å². The molecule has 0 spiro atoms. The molecule has 1 rings (SSSR count). The summed E-state index contributed by atoms with van der Waals surface area (Å²) in [5.41, 5.74) is 5.83. The molecule has 2 N–H and O–H groups in total. The molecule has 0 saturated heterocycles. The molecule has 1 aliphatic rings. The monoisotopic (exact) mass is 189 g/mol. The zero-order valence-electron chi connectivity index (χ0n) is 4.98. The molecule has 2 nitrogen and oxygen atoms in total. The number of amides is 1. The lowest BCUT2D eigenvalue weighted by Gasteiger charge is -1.92. The summed E-state index contributed by atoms with van der Waals surface area (Å²) in [5.74, 6) is -0.278. The summed E-state index contributed by atoms with van der Waals surface area (Å²) in [6.45, 7) is 0. The first-order valence-corrected chi connectivity index (χ1v) is 3.68. The lowest BCUT2D eigenvalue weighted by atomic mass is 10.2. The van der Waals surface area contributed by atoms with Crippen LogP contribution in [-0.2, 0) is 4.79 Å². The summed E-state index contributed by atoms with van der Waals surface area (Å²) in [7, 11) is 0. The number of allylic oxidation sites excluding steroid dienone is 1. The normalized spacial score (nSPS) is 18.8. The number of carbonyl (C=O) groups is 1. The van der Waals surface area contributed by atoms with Crippen LogP contribution in [-0.4, -0.2) is 5.91 Å². The van der Waals surface area contributed by atoms with Gasteiger partial charge in [0.2, 0.25) is 5.91 Å². The SMILES string of the molecule is NC(=O)C1=C(Br)CCC1. The van der Waals surface area contributed by atoms with Crippen LogP contribution in [0.15, 0.2) is 10.1 Å². The molecule has 0 aromatic rings. The van der Waals surface area contributed by atoms with E-state index in [1.807, 2.05) is 0 Å². The Morgan fingerprint density at radius 2 is 2.22 bits per heavy atom. The number of carbonyl (C=O) groups excluding carboxylic acids is 1. The minimum Gasteiger partial charge on any atom is -0.366 e. The Kier molecular flexibility index (Phi) is 1.90. The van der Waals surface area contributed by atoms with E-state index in [-0.39, 0.29) is 5.91 Å². The third-order valence-corrected chi connectivity index (χ3v) is 2.32. The summed E-state index contributed by atoms with van der Waals surface area (Å²) in [5, 5.41) is 0. The molecule has 0 radical (unpaired) electrons. The topological polar surface area (TPSA) is 43.1 Å². The molecule has 0 saturated carbocycles. The second-order valence-electron chi connectivity index (χ2n) is 2.10. The zero-order chi connectivity index (χ0) is 6.85. The summed E-state index contributed by atoms with van der Waals surface area (Å²) in [6, 6.07) is 0. The van der Waals surface area contributed by atoms with E-state index in [4.69, 9.17) is 5.73 Å². The lowest BCUT2D eigenvalue weighted by Crippen LogP contribution is -2.12. The average molecular weight is 190 g/mol. The van der Waals surface area contributed by atoms with Gasteiger partial charge in [-0.3, -0.25) is 4.79 Å². The Morgan fingerprint density at radius 3 is 2.44 bits per heavy atom. The minimum absolute atomic E-state index is 0.278. The largest absolute Gasteiger partial charge is 0.366 e. The predicted octanol–water partition coefficient (Wildman–Crippen LogP) is 1.30. The molecule has 0 bridgehead atoms. The Bertz CT molecular complexity index is 174. The highest BCUT2D eigenvalue weighted by Crippen LogP contribution is 2.29. The van der Waals surface area contributed by atoms with Crippen LogP contribution in [0.1, 0.15) is 19.3 Å². The first-order valence-electron chi connectivity index (χ1n) is 2.89. The van der Waals surface area contributed by atoms with E-state index in [1.54, 1.807) is 0 Å². The molecule has 0 aliphatic heterocycles. The average Bonchev–Trinajstić information content (AvgIpc) is 2.13. The van der Waals surface area contributed by atoms with Crippen LogP contribution in [0.3, 0.4) is 0 Å². The van der Waals surface area contributed by atoms with Crippen molar-refractivity contribution in [3.63, 3.8) is 0 Å². The molecule has 0 atom stereocenters. The van der Waals surface area contributed by atoms with Crippen molar-refractivity contribution in [2.45, 2.75) is 19.3 Å². The summed E-state index contributed by atoms with van der Waals surface area (Å²) < 4.78 is 0.995. The number of hydrogen-bond donors (Lipinski definition) is 1. The number of rotatable bonds is 1. The van der Waals surface area contributed by atoms with Crippen molar-refractivity contribution in [2.75, 3.05) is 0 Å². The van der Waals surface area contributed by atoms with Crippen molar-refractivity contribution in [3.8, 4) is 0 Å². The molecular weight excluding hydrogens is 182 g/mol. The maximum absolute atomic E-state index is 10.5. The maximum Gasteiger partial charge on any atom is 0.245 e. The van der Waals surface area contributed by atoms with Crippen LogP contribution in [0.5, 0.6) is 0 Å². The van der Waals surface area contributed by atoms with Gasteiger partial charge in [-0.2, -0.15) is 0 Å². The fraction of sp³-hybridized carbons (Fsp3) is 0.500. The van der Waals surface area contributed by atoms with E-state index in [1.165, 1.54) is 0 Å². The van der Waals surface area contributed by atoms with E-state index < -0.39 is 0 Å². The molecule has 3 heteroatoms. The van der Waals surface area contributed by atoms with Crippen molar-refractivity contribution in [2.24, 2.45) is 5.73 Å². The van der Waals surface area contributed by atoms with Gasteiger partial charge in [-0.1, -0.05) is 15.9 Å². The van der Waals surface area contributed by atoms with Crippen LogP contribution in [0.2, 0.25) is 0 Å². The Hall–Kier alpha value is -0.310.